The van der Waals surface area contributed by atoms with E-state index in [1.165, 1.54) is 18.5 Å². The Balaban J connectivity index is 1.44. The second-order valence-corrected chi connectivity index (χ2v) is 8.10. The van der Waals surface area contributed by atoms with E-state index in [9.17, 15) is 14.8 Å². The van der Waals surface area contributed by atoms with Gasteiger partial charge in [-0.05, 0) is 37.3 Å². The Morgan fingerprint density at radius 1 is 1.32 bits per heavy atom. The normalized spacial score (nSPS) is 17.5. The monoisotopic (exact) mass is 442 g/mol. The standard InChI is InChI=1S/C22H23ClN4O4/c1-14(24-21(28)19-11-16-10-17(23)5-6-18(16)25(19)2)20-13-26(8-9-31-20)22(29)15-4-3-7-27(30)12-15/h3-7,10-12,14,20H,8-9,13H2,1-2H3,(H,24,28). The summed E-state index contributed by atoms with van der Waals surface area (Å²) in [6.07, 6.45) is 2.22. The number of amides is 2. The van der Waals surface area contributed by atoms with Crippen molar-refractivity contribution in [3.63, 3.8) is 0 Å². The molecule has 1 N–H and O–H groups in total. The first-order chi connectivity index (χ1) is 14.8. The number of nitrogens with one attached hydrogen (secondary N) is 1. The van der Waals surface area contributed by atoms with Crippen LogP contribution in [0.3, 0.4) is 0 Å². The summed E-state index contributed by atoms with van der Waals surface area (Å²) in [6.45, 7) is 2.95. The number of pyridine rings is 1. The van der Waals surface area contributed by atoms with Gasteiger partial charge in [-0.25, -0.2) is 0 Å². The van der Waals surface area contributed by atoms with E-state index in [-0.39, 0.29) is 24.0 Å². The number of rotatable bonds is 4. The maximum Gasteiger partial charge on any atom is 0.268 e. The third-order valence-electron chi connectivity index (χ3n) is 5.56. The number of halogens is 1. The van der Waals surface area contributed by atoms with Crippen LogP contribution in [0.4, 0.5) is 0 Å². The summed E-state index contributed by atoms with van der Waals surface area (Å²) < 4.78 is 8.24. The van der Waals surface area contributed by atoms with Gasteiger partial charge in [-0.15, -0.1) is 0 Å². The first-order valence-corrected chi connectivity index (χ1v) is 10.4. The van der Waals surface area contributed by atoms with Gasteiger partial charge in [0.05, 0.1) is 18.8 Å². The van der Waals surface area contributed by atoms with Gasteiger partial charge in [0.2, 0.25) is 0 Å². The number of aryl methyl sites for hydroxylation is 1. The lowest BCUT2D eigenvalue weighted by Crippen LogP contribution is -2.54. The van der Waals surface area contributed by atoms with Gasteiger partial charge in [-0.2, -0.15) is 4.73 Å². The van der Waals surface area contributed by atoms with E-state index in [1.807, 2.05) is 30.7 Å². The predicted molar refractivity (Wildman–Crippen MR) is 116 cm³/mol. The van der Waals surface area contributed by atoms with Crippen molar-refractivity contribution in [2.24, 2.45) is 7.05 Å². The molecule has 4 rings (SSSR count). The number of benzene rings is 1. The molecule has 9 heteroatoms. The molecule has 0 saturated carbocycles. The lowest BCUT2D eigenvalue weighted by atomic mass is 10.1. The van der Waals surface area contributed by atoms with Crippen LogP contribution in [0.2, 0.25) is 5.02 Å². The molecule has 3 aromatic rings. The van der Waals surface area contributed by atoms with Crippen molar-refractivity contribution >= 4 is 34.3 Å². The SMILES string of the molecule is CC(NC(=O)c1cc2cc(Cl)ccc2n1C)C1CN(C(=O)c2ccc[n+]([O-])c2)CCO1. The summed E-state index contributed by atoms with van der Waals surface area (Å²) in [6, 6.07) is 10.1. The molecule has 2 atom stereocenters. The summed E-state index contributed by atoms with van der Waals surface area (Å²) in [7, 11) is 1.83. The fourth-order valence-corrected chi connectivity index (χ4v) is 4.02. The van der Waals surface area contributed by atoms with Crippen LogP contribution in [0.15, 0.2) is 48.8 Å². The van der Waals surface area contributed by atoms with Crippen molar-refractivity contribution in [1.82, 2.24) is 14.8 Å². The zero-order chi connectivity index (χ0) is 22.1. The molecule has 0 spiro atoms. The minimum atomic E-state index is -0.367. The third-order valence-corrected chi connectivity index (χ3v) is 5.79. The Kier molecular flexibility index (Phi) is 5.84. The molecule has 8 nitrogen and oxygen atoms in total. The molecule has 1 aliphatic heterocycles. The quantitative estimate of drug-likeness (QED) is 0.495. The zero-order valence-electron chi connectivity index (χ0n) is 17.2. The Hall–Kier alpha value is -3.10. The van der Waals surface area contributed by atoms with Gasteiger partial charge in [0.25, 0.3) is 11.8 Å². The van der Waals surface area contributed by atoms with Gasteiger partial charge in [0.15, 0.2) is 12.4 Å². The van der Waals surface area contributed by atoms with Gasteiger partial charge in [-0.3, -0.25) is 9.59 Å². The maximum atomic E-state index is 12.9. The van der Waals surface area contributed by atoms with Crippen LogP contribution < -0.4 is 10.0 Å². The predicted octanol–water partition coefficient (Wildman–Crippen LogP) is 2.12. The molecule has 1 fully saturated rings. The van der Waals surface area contributed by atoms with Gasteiger partial charge in [0, 0.05) is 42.1 Å². The zero-order valence-corrected chi connectivity index (χ0v) is 18.0. The van der Waals surface area contributed by atoms with Gasteiger partial charge < -0.3 is 24.7 Å². The fraction of sp³-hybridized carbons (Fsp3) is 0.318. The molecule has 2 aromatic heterocycles. The van der Waals surface area contributed by atoms with Crippen molar-refractivity contribution in [2.75, 3.05) is 19.7 Å². The van der Waals surface area contributed by atoms with Gasteiger partial charge in [-0.1, -0.05) is 11.6 Å². The largest absolute Gasteiger partial charge is 0.619 e. The van der Waals surface area contributed by atoms with Crippen LogP contribution in [-0.2, 0) is 11.8 Å². The van der Waals surface area contributed by atoms with Crippen LogP contribution in [-0.4, -0.2) is 53.1 Å². The average molecular weight is 443 g/mol. The molecule has 0 bridgehead atoms. The van der Waals surface area contributed by atoms with Crippen LogP contribution >= 0.6 is 11.6 Å². The molecule has 1 aromatic carbocycles. The Morgan fingerprint density at radius 2 is 2.13 bits per heavy atom. The second kappa shape index (κ2) is 8.56. The minimum absolute atomic E-state index is 0.232. The Bertz CT molecular complexity index is 1150. The summed E-state index contributed by atoms with van der Waals surface area (Å²) in [5, 5.41) is 16.0. The van der Waals surface area contributed by atoms with E-state index in [0.717, 1.165) is 10.9 Å². The highest BCUT2D eigenvalue weighted by atomic mass is 35.5. The highest BCUT2D eigenvalue weighted by Crippen LogP contribution is 2.23. The fourth-order valence-electron chi connectivity index (χ4n) is 3.84. The first-order valence-electron chi connectivity index (χ1n) is 9.99. The Labute approximate surface area is 184 Å². The summed E-state index contributed by atoms with van der Waals surface area (Å²) >= 11 is 6.06. The number of carbonyl (C=O) groups is 2. The number of fused-ring (bicyclic) bond motifs is 1. The number of carbonyl (C=O) groups excluding carboxylic acids is 2. The van der Waals surface area contributed by atoms with Crippen molar-refractivity contribution in [2.45, 2.75) is 19.1 Å². The molecule has 3 heterocycles. The summed E-state index contributed by atoms with van der Waals surface area (Å²) in [5.74, 6) is -0.465. The number of aromatic nitrogens is 2. The van der Waals surface area contributed by atoms with Crippen molar-refractivity contribution in [3.05, 3.63) is 70.3 Å². The molecular formula is C22H23ClN4O4. The molecular weight excluding hydrogens is 420 g/mol. The molecule has 31 heavy (non-hydrogen) atoms. The van der Waals surface area contributed by atoms with E-state index in [1.54, 1.807) is 23.1 Å². The van der Waals surface area contributed by atoms with E-state index < -0.39 is 0 Å². The first kappa shape index (κ1) is 21.1. The van der Waals surface area contributed by atoms with Gasteiger partial charge in [0.1, 0.15) is 11.3 Å². The minimum Gasteiger partial charge on any atom is -0.619 e. The third kappa shape index (κ3) is 4.35. The molecule has 2 unspecified atom stereocenters. The van der Waals surface area contributed by atoms with E-state index in [2.05, 4.69) is 5.32 Å². The highest BCUT2D eigenvalue weighted by Gasteiger charge is 2.30. The number of morpholine rings is 1. The van der Waals surface area contributed by atoms with Crippen molar-refractivity contribution in [1.29, 1.82) is 0 Å². The maximum absolute atomic E-state index is 12.9. The number of hydrogen-bond donors (Lipinski definition) is 1. The topological polar surface area (TPSA) is 90.5 Å². The Morgan fingerprint density at radius 3 is 2.90 bits per heavy atom. The van der Waals surface area contributed by atoms with Crippen molar-refractivity contribution in [3.8, 4) is 0 Å². The van der Waals surface area contributed by atoms with Crippen molar-refractivity contribution < 1.29 is 19.1 Å². The summed E-state index contributed by atoms with van der Waals surface area (Å²) in [4.78, 5) is 27.3. The lowest BCUT2D eigenvalue weighted by Gasteiger charge is -2.36. The molecule has 1 aliphatic rings. The smallest absolute Gasteiger partial charge is 0.268 e. The lowest BCUT2D eigenvalue weighted by molar-refractivity contribution is -0.605. The van der Waals surface area contributed by atoms with Gasteiger partial charge >= 0.3 is 0 Å². The van der Waals surface area contributed by atoms with Crippen LogP contribution in [0, 0.1) is 5.21 Å². The van der Waals surface area contributed by atoms with E-state index in [0.29, 0.717) is 40.7 Å². The number of ether oxygens (including phenoxy) is 1. The van der Waals surface area contributed by atoms with E-state index in [4.69, 9.17) is 16.3 Å². The van der Waals surface area contributed by atoms with Crippen LogP contribution in [0.1, 0.15) is 27.8 Å². The number of nitrogens with zero attached hydrogens (tertiary/aromatic N) is 3. The molecule has 1 saturated heterocycles. The molecule has 0 radical (unpaired) electrons. The van der Waals surface area contributed by atoms with E-state index >= 15 is 0 Å². The molecule has 162 valence electrons. The number of hydrogen-bond acceptors (Lipinski definition) is 4. The van der Waals surface area contributed by atoms with Crippen LogP contribution in [0.25, 0.3) is 10.9 Å². The highest BCUT2D eigenvalue weighted by molar-refractivity contribution is 6.31. The summed E-state index contributed by atoms with van der Waals surface area (Å²) in [5.41, 5.74) is 1.74. The molecule has 0 aliphatic carbocycles. The molecule has 2 amide bonds. The van der Waals surface area contributed by atoms with Crippen LogP contribution in [0.5, 0.6) is 0 Å². The average Bonchev–Trinajstić information content (AvgIpc) is 3.09. The second-order valence-electron chi connectivity index (χ2n) is 7.67.